The zero-order chi connectivity index (χ0) is 15.0. The van der Waals surface area contributed by atoms with E-state index in [0.717, 1.165) is 12.0 Å². The van der Waals surface area contributed by atoms with Gasteiger partial charge in [-0.15, -0.1) is 6.58 Å². The summed E-state index contributed by atoms with van der Waals surface area (Å²) in [4.78, 5) is 0.242. The van der Waals surface area contributed by atoms with Crippen LogP contribution in [0.2, 0.25) is 0 Å². The first kappa shape index (κ1) is 16.7. The van der Waals surface area contributed by atoms with E-state index in [2.05, 4.69) is 11.3 Å². The summed E-state index contributed by atoms with van der Waals surface area (Å²) in [6.45, 7) is 6.60. The average Bonchev–Trinajstić information content (AvgIpc) is 2.42. The summed E-state index contributed by atoms with van der Waals surface area (Å²) < 4.78 is 32.2. The molecule has 0 unspecified atom stereocenters. The van der Waals surface area contributed by atoms with Crippen molar-refractivity contribution in [2.75, 3.05) is 25.5 Å². The largest absolute Gasteiger partial charge is 0.399 e. The summed E-state index contributed by atoms with van der Waals surface area (Å²) in [5.41, 5.74) is 6.85. The van der Waals surface area contributed by atoms with E-state index in [9.17, 15) is 8.42 Å². The van der Waals surface area contributed by atoms with Crippen molar-refractivity contribution in [2.45, 2.75) is 24.7 Å². The van der Waals surface area contributed by atoms with E-state index in [-0.39, 0.29) is 11.4 Å². The van der Waals surface area contributed by atoms with Gasteiger partial charge in [0.1, 0.15) is 0 Å². The summed E-state index contributed by atoms with van der Waals surface area (Å²) in [5.74, 6) is 0. The Morgan fingerprint density at radius 3 is 2.80 bits per heavy atom. The lowest BCUT2D eigenvalue weighted by atomic mass is 10.1. The first-order valence-electron chi connectivity index (χ1n) is 6.58. The number of nitrogens with two attached hydrogens (primary N) is 1. The molecule has 0 aromatic heterocycles. The van der Waals surface area contributed by atoms with E-state index in [1.54, 1.807) is 18.2 Å². The maximum absolute atomic E-state index is 12.2. The van der Waals surface area contributed by atoms with Gasteiger partial charge in [-0.05, 0) is 30.5 Å². The van der Waals surface area contributed by atoms with Gasteiger partial charge in [0.2, 0.25) is 10.0 Å². The molecule has 0 aliphatic heterocycles. The lowest BCUT2D eigenvalue weighted by Gasteiger charge is -2.11. The van der Waals surface area contributed by atoms with Crippen molar-refractivity contribution < 1.29 is 13.2 Å². The number of nitrogen functional groups attached to an aromatic ring is 1. The van der Waals surface area contributed by atoms with Gasteiger partial charge in [0.05, 0.1) is 18.1 Å². The highest BCUT2D eigenvalue weighted by Gasteiger charge is 2.17. The van der Waals surface area contributed by atoms with Crippen LogP contribution >= 0.6 is 0 Å². The van der Waals surface area contributed by atoms with Crippen molar-refractivity contribution in [3.63, 3.8) is 0 Å². The molecule has 0 aliphatic carbocycles. The quantitative estimate of drug-likeness (QED) is 0.413. The molecule has 1 aromatic rings. The van der Waals surface area contributed by atoms with Crippen molar-refractivity contribution in [2.24, 2.45) is 0 Å². The van der Waals surface area contributed by atoms with Crippen molar-refractivity contribution in [1.82, 2.24) is 4.72 Å². The number of benzene rings is 1. The number of aryl methyl sites for hydroxylation is 1. The Bertz CT molecular complexity index is 541. The molecule has 3 N–H and O–H groups in total. The number of nitrogens with one attached hydrogen (secondary N) is 1. The molecule has 0 heterocycles. The van der Waals surface area contributed by atoms with Crippen LogP contribution < -0.4 is 10.5 Å². The summed E-state index contributed by atoms with van der Waals surface area (Å²) in [6, 6.07) is 4.93. The number of hydrogen-bond donors (Lipinski definition) is 2. The second-order valence-electron chi connectivity index (χ2n) is 4.31. The third-order valence-electron chi connectivity index (χ3n) is 2.77. The van der Waals surface area contributed by atoms with Crippen LogP contribution in [0.1, 0.15) is 18.9 Å². The fourth-order valence-corrected chi connectivity index (χ4v) is 3.06. The molecule has 0 amide bonds. The van der Waals surface area contributed by atoms with Crippen LogP contribution in [0.25, 0.3) is 0 Å². The highest BCUT2D eigenvalue weighted by atomic mass is 32.2. The summed E-state index contributed by atoms with van der Waals surface area (Å²) in [5, 5.41) is 0. The minimum atomic E-state index is -3.55. The molecular weight excluding hydrogens is 276 g/mol. The fraction of sp³-hybridized carbons (Fsp3) is 0.429. The van der Waals surface area contributed by atoms with Crippen molar-refractivity contribution in [3.05, 3.63) is 36.4 Å². The van der Waals surface area contributed by atoms with Gasteiger partial charge >= 0.3 is 0 Å². The molecule has 0 atom stereocenters. The van der Waals surface area contributed by atoms with Gasteiger partial charge in [0.25, 0.3) is 0 Å². The summed E-state index contributed by atoms with van der Waals surface area (Å²) in [7, 11) is -3.55. The lowest BCUT2D eigenvalue weighted by Crippen LogP contribution is -2.28. The molecule has 0 bridgehead atoms. The van der Waals surface area contributed by atoms with Gasteiger partial charge in [-0.25, -0.2) is 13.1 Å². The molecule has 0 spiro atoms. The maximum atomic E-state index is 12.2. The number of sulfonamides is 1. The van der Waals surface area contributed by atoms with E-state index in [4.69, 9.17) is 10.5 Å². The van der Waals surface area contributed by atoms with Gasteiger partial charge < -0.3 is 10.5 Å². The topological polar surface area (TPSA) is 81.4 Å². The highest BCUT2D eigenvalue weighted by Crippen LogP contribution is 2.19. The van der Waals surface area contributed by atoms with Crippen LogP contribution in [-0.4, -0.2) is 28.2 Å². The van der Waals surface area contributed by atoms with Crippen molar-refractivity contribution in [3.8, 4) is 0 Å². The minimum absolute atomic E-state index is 0.234. The molecule has 1 rings (SSSR count). The molecule has 112 valence electrons. The lowest BCUT2D eigenvalue weighted by molar-refractivity contribution is 0.144. The predicted octanol–water partition coefficient (Wildman–Crippen LogP) is 1.70. The van der Waals surface area contributed by atoms with Crippen LogP contribution in [0.3, 0.4) is 0 Å². The Balaban J connectivity index is 2.64. The van der Waals surface area contributed by atoms with E-state index < -0.39 is 10.0 Å². The normalized spacial score (nSPS) is 11.4. The number of rotatable bonds is 9. The van der Waals surface area contributed by atoms with Crippen LogP contribution in [0, 0.1) is 0 Å². The monoisotopic (exact) mass is 298 g/mol. The van der Waals surface area contributed by atoms with Crippen LogP contribution in [-0.2, 0) is 21.2 Å². The summed E-state index contributed by atoms with van der Waals surface area (Å²) >= 11 is 0. The fourth-order valence-electron chi connectivity index (χ4n) is 1.71. The van der Waals surface area contributed by atoms with Gasteiger partial charge in [-0.3, -0.25) is 0 Å². The minimum Gasteiger partial charge on any atom is -0.399 e. The van der Waals surface area contributed by atoms with E-state index >= 15 is 0 Å². The van der Waals surface area contributed by atoms with Gasteiger partial charge in [-0.1, -0.05) is 19.1 Å². The molecule has 0 saturated carbocycles. The molecule has 0 aliphatic rings. The third kappa shape index (κ3) is 4.96. The summed E-state index contributed by atoms with van der Waals surface area (Å²) in [6.07, 6.45) is 3.14. The van der Waals surface area contributed by atoms with Gasteiger partial charge in [0.15, 0.2) is 0 Å². The Kier molecular flexibility index (Phi) is 6.70. The first-order valence-corrected chi connectivity index (χ1v) is 8.06. The molecule has 5 nitrogen and oxygen atoms in total. The molecule has 1 aromatic carbocycles. The number of ether oxygens (including phenoxy) is 1. The molecule has 6 heteroatoms. The molecule has 0 radical (unpaired) electrons. The SMILES string of the molecule is C=CCCOCCNS(=O)(=O)c1cc(N)ccc1CC. The Hall–Kier alpha value is -1.37. The van der Waals surface area contributed by atoms with E-state index in [1.807, 2.05) is 6.92 Å². The van der Waals surface area contributed by atoms with E-state index in [0.29, 0.717) is 25.3 Å². The molecule has 20 heavy (non-hydrogen) atoms. The van der Waals surface area contributed by atoms with Crippen molar-refractivity contribution >= 4 is 15.7 Å². The Labute approximate surface area is 120 Å². The van der Waals surface area contributed by atoms with Crippen LogP contribution in [0.15, 0.2) is 35.7 Å². The van der Waals surface area contributed by atoms with Crippen LogP contribution in [0.4, 0.5) is 5.69 Å². The smallest absolute Gasteiger partial charge is 0.240 e. The van der Waals surface area contributed by atoms with Gasteiger partial charge in [0, 0.05) is 12.2 Å². The zero-order valence-electron chi connectivity index (χ0n) is 11.8. The van der Waals surface area contributed by atoms with Crippen molar-refractivity contribution in [1.29, 1.82) is 0 Å². The second kappa shape index (κ2) is 8.04. The molecule has 0 fully saturated rings. The third-order valence-corrected chi connectivity index (χ3v) is 4.31. The number of anilines is 1. The molecule has 0 saturated heterocycles. The van der Waals surface area contributed by atoms with Crippen LogP contribution in [0.5, 0.6) is 0 Å². The Morgan fingerprint density at radius 1 is 1.40 bits per heavy atom. The predicted molar refractivity (Wildman–Crippen MR) is 81.1 cm³/mol. The zero-order valence-corrected chi connectivity index (χ0v) is 12.6. The average molecular weight is 298 g/mol. The second-order valence-corrected chi connectivity index (χ2v) is 6.04. The maximum Gasteiger partial charge on any atom is 0.240 e. The highest BCUT2D eigenvalue weighted by molar-refractivity contribution is 7.89. The Morgan fingerprint density at radius 2 is 2.15 bits per heavy atom. The van der Waals surface area contributed by atoms with Gasteiger partial charge in [-0.2, -0.15) is 0 Å². The first-order chi connectivity index (χ1) is 9.51. The van der Waals surface area contributed by atoms with E-state index in [1.165, 1.54) is 6.07 Å². The standard InChI is InChI=1S/C14H22N2O3S/c1-3-5-9-19-10-8-16-20(17,18)14-11-13(15)7-6-12(14)4-2/h3,6-7,11,16H,1,4-5,8-10,15H2,2H3. The number of hydrogen-bond acceptors (Lipinski definition) is 4. The molecular formula is C14H22N2O3S.